The molecule has 0 aliphatic carbocycles. The standard InChI is InChI=1S/C18H22O2/c1-11(2)13-7-14(12(3)4)9-15(8-13)17-10-16(19)5-6-18(17)20/h5-12,19-20H,1-4H3. The topological polar surface area (TPSA) is 40.5 Å². The Bertz CT molecular complexity index is 587. The smallest absolute Gasteiger partial charge is 0.123 e. The third-order valence-electron chi connectivity index (χ3n) is 3.60. The number of hydrogen-bond acceptors (Lipinski definition) is 2. The monoisotopic (exact) mass is 270 g/mol. The van der Waals surface area contributed by atoms with Crippen LogP contribution in [0, 0.1) is 0 Å². The molecular formula is C18H22O2. The second-order valence-corrected chi connectivity index (χ2v) is 5.90. The summed E-state index contributed by atoms with van der Waals surface area (Å²) in [5, 5.41) is 19.7. The predicted octanol–water partition coefficient (Wildman–Crippen LogP) is 5.01. The average molecular weight is 270 g/mol. The Balaban J connectivity index is 2.63. The van der Waals surface area contributed by atoms with Crippen LogP contribution in [0.15, 0.2) is 36.4 Å². The maximum atomic E-state index is 10.0. The fourth-order valence-electron chi connectivity index (χ4n) is 2.25. The predicted molar refractivity (Wildman–Crippen MR) is 83.4 cm³/mol. The van der Waals surface area contributed by atoms with Crippen molar-refractivity contribution in [3.05, 3.63) is 47.5 Å². The van der Waals surface area contributed by atoms with Gasteiger partial charge in [0.15, 0.2) is 0 Å². The number of rotatable bonds is 3. The highest BCUT2D eigenvalue weighted by Gasteiger charge is 2.11. The molecule has 0 aliphatic rings. The van der Waals surface area contributed by atoms with Crippen LogP contribution in [-0.2, 0) is 0 Å². The Labute approximate surface area is 120 Å². The Hall–Kier alpha value is -1.96. The zero-order chi connectivity index (χ0) is 14.9. The molecule has 2 N–H and O–H groups in total. The van der Waals surface area contributed by atoms with Gasteiger partial charge in [-0.1, -0.05) is 45.9 Å². The Kier molecular flexibility index (Phi) is 4.03. The van der Waals surface area contributed by atoms with Gasteiger partial charge in [-0.2, -0.15) is 0 Å². The minimum Gasteiger partial charge on any atom is -0.508 e. The molecule has 0 radical (unpaired) electrons. The lowest BCUT2D eigenvalue weighted by Gasteiger charge is -2.15. The van der Waals surface area contributed by atoms with Gasteiger partial charge in [-0.25, -0.2) is 0 Å². The molecule has 0 bridgehead atoms. The van der Waals surface area contributed by atoms with Gasteiger partial charge in [0.25, 0.3) is 0 Å². The maximum Gasteiger partial charge on any atom is 0.123 e. The molecule has 20 heavy (non-hydrogen) atoms. The number of hydrogen-bond donors (Lipinski definition) is 2. The van der Waals surface area contributed by atoms with Gasteiger partial charge in [0.05, 0.1) is 0 Å². The number of phenols is 2. The van der Waals surface area contributed by atoms with E-state index < -0.39 is 0 Å². The zero-order valence-electron chi connectivity index (χ0n) is 12.5. The van der Waals surface area contributed by atoms with Gasteiger partial charge >= 0.3 is 0 Å². The molecule has 0 unspecified atom stereocenters. The molecule has 0 amide bonds. The van der Waals surface area contributed by atoms with Crippen LogP contribution in [0.4, 0.5) is 0 Å². The van der Waals surface area contributed by atoms with Crippen LogP contribution in [0.2, 0.25) is 0 Å². The first kappa shape index (κ1) is 14.4. The fraction of sp³-hybridized carbons (Fsp3) is 0.333. The first-order valence-electron chi connectivity index (χ1n) is 7.05. The van der Waals surface area contributed by atoms with Crippen LogP contribution in [0.1, 0.15) is 50.7 Å². The summed E-state index contributed by atoms with van der Waals surface area (Å²) >= 11 is 0. The van der Waals surface area contributed by atoms with Crippen molar-refractivity contribution in [2.45, 2.75) is 39.5 Å². The van der Waals surface area contributed by atoms with E-state index in [-0.39, 0.29) is 11.5 Å². The summed E-state index contributed by atoms with van der Waals surface area (Å²) in [7, 11) is 0. The summed E-state index contributed by atoms with van der Waals surface area (Å²) in [5.74, 6) is 1.20. The minimum absolute atomic E-state index is 0.166. The molecule has 0 heterocycles. The van der Waals surface area contributed by atoms with Crippen LogP contribution in [0.3, 0.4) is 0 Å². The van der Waals surface area contributed by atoms with Crippen molar-refractivity contribution in [2.24, 2.45) is 0 Å². The van der Waals surface area contributed by atoms with Crippen LogP contribution in [0.5, 0.6) is 11.5 Å². The first-order chi connectivity index (χ1) is 9.38. The molecule has 0 saturated carbocycles. The van der Waals surface area contributed by atoms with Gasteiger partial charge < -0.3 is 10.2 Å². The molecule has 0 aromatic heterocycles. The second-order valence-electron chi connectivity index (χ2n) is 5.90. The third-order valence-corrected chi connectivity index (χ3v) is 3.60. The Morgan fingerprint density at radius 1 is 0.750 bits per heavy atom. The highest BCUT2D eigenvalue weighted by Crippen LogP contribution is 2.35. The molecule has 0 aliphatic heterocycles. The van der Waals surface area contributed by atoms with Crippen molar-refractivity contribution in [1.82, 2.24) is 0 Å². The molecule has 2 aromatic carbocycles. The van der Waals surface area contributed by atoms with Gasteiger partial charge in [0.2, 0.25) is 0 Å². The lowest BCUT2D eigenvalue weighted by Crippen LogP contribution is -1.95. The summed E-state index contributed by atoms with van der Waals surface area (Å²) in [5.41, 5.74) is 4.12. The Morgan fingerprint density at radius 2 is 1.30 bits per heavy atom. The molecule has 0 fully saturated rings. The Morgan fingerprint density at radius 3 is 1.80 bits per heavy atom. The third kappa shape index (κ3) is 2.96. The summed E-state index contributed by atoms with van der Waals surface area (Å²) in [6, 6.07) is 11.0. The van der Waals surface area contributed by atoms with Crippen LogP contribution in [0.25, 0.3) is 11.1 Å². The van der Waals surface area contributed by atoms with Gasteiger partial charge in [0, 0.05) is 5.56 Å². The quantitative estimate of drug-likeness (QED) is 0.769. The number of phenolic OH excluding ortho intramolecular Hbond substituents is 2. The van der Waals surface area contributed by atoms with E-state index in [1.54, 1.807) is 6.07 Å². The highest BCUT2D eigenvalue weighted by molar-refractivity contribution is 5.73. The molecule has 2 aromatic rings. The van der Waals surface area contributed by atoms with E-state index in [2.05, 4.69) is 45.9 Å². The van der Waals surface area contributed by atoms with Crippen molar-refractivity contribution < 1.29 is 10.2 Å². The van der Waals surface area contributed by atoms with Crippen molar-refractivity contribution in [3.8, 4) is 22.6 Å². The zero-order valence-corrected chi connectivity index (χ0v) is 12.5. The largest absolute Gasteiger partial charge is 0.508 e. The fourth-order valence-corrected chi connectivity index (χ4v) is 2.25. The van der Waals surface area contributed by atoms with Crippen LogP contribution in [-0.4, -0.2) is 10.2 Å². The summed E-state index contributed by atoms with van der Waals surface area (Å²) in [6.07, 6.45) is 0. The first-order valence-corrected chi connectivity index (χ1v) is 7.05. The lowest BCUT2D eigenvalue weighted by molar-refractivity contribution is 0.462. The van der Waals surface area contributed by atoms with Crippen molar-refractivity contribution in [2.75, 3.05) is 0 Å². The minimum atomic E-state index is 0.166. The lowest BCUT2D eigenvalue weighted by atomic mass is 9.90. The van der Waals surface area contributed by atoms with E-state index in [1.807, 2.05) is 0 Å². The molecule has 0 saturated heterocycles. The summed E-state index contributed by atoms with van der Waals surface area (Å²) in [6.45, 7) is 8.63. The van der Waals surface area contributed by atoms with E-state index in [4.69, 9.17) is 0 Å². The van der Waals surface area contributed by atoms with Crippen LogP contribution >= 0.6 is 0 Å². The number of benzene rings is 2. The SMILES string of the molecule is CC(C)c1cc(-c2cc(O)ccc2O)cc(C(C)C)c1. The highest BCUT2D eigenvalue weighted by atomic mass is 16.3. The number of aromatic hydroxyl groups is 2. The molecule has 2 heteroatoms. The average Bonchev–Trinajstić information content (AvgIpc) is 2.40. The van der Waals surface area contributed by atoms with Gasteiger partial charge in [-0.05, 0) is 46.7 Å². The molecule has 0 spiro atoms. The van der Waals surface area contributed by atoms with Crippen molar-refractivity contribution in [3.63, 3.8) is 0 Å². The van der Waals surface area contributed by atoms with Gasteiger partial charge in [0.1, 0.15) is 11.5 Å². The normalized spacial score (nSPS) is 11.3. The second kappa shape index (κ2) is 5.58. The molecule has 2 nitrogen and oxygen atoms in total. The van der Waals surface area contributed by atoms with Gasteiger partial charge in [-0.3, -0.25) is 0 Å². The van der Waals surface area contributed by atoms with Gasteiger partial charge in [-0.15, -0.1) is 0 Å². The summed E-state index contributed by atoms with van der Waals surface area (Å²) < 4.78 is 0. The molecule has 106 valence electrons. The van der Waals surface area contributed by atoms with Crippen molar-refractivity contribution >= 4 is 0 Å². The summed E-state index contributed by atoms with van der Waals surface area (Å²) in [4.78, 5) is 0. The maximum absolute atomic E-state index is 10.0. The van der Waals surface area contributed by atoms with Crippen LogP contribution < -0.4 is 0 Å². The van der Waals surface area contributed by atoms with E-state index >= 15 is 0 Å². The van der Waals surface area contributed by atoms with E-state index in [9.17, 15) is 10.2 Å². The van der Waals surface area contributed by atoms with E-state index in [1.165, 1.54) is 23.3 Å². The molecule has 0 atom stereocenters. The molecular weight excluding hydrogens is 248 g/mol. The van der Waals surface area contributed by atoms with E-state index in [0.29, 0.717) is 17.4 Å². The van der Waals surface area contributed by atoms with E-state index in [0.717, 1.165) is 5.56 Å². The molecule has 2 rings (SSSR count). The van der Waals surface area contributed by atoms with Crippen molar-refractivity contribution in [1.29, 1.82) is 0 Å².